The molecule has 1 atom stereocenters. The lowest BCUT2D eigenvalue weighted by Crippen LogP contribution is -2.44. The fraction of sp³-hybridized carbons (Fsp3) is 0.469. The standard InChI is InChI=1S/C32H35N5O3/c1-20-17-26(23-5-7-24(8-6-23)29-35-34-21(2)40-29)11-12-27(20)28-33-32(14-3-4-15-32)31(39)37(28)19-22-13-16-36(18-22)30(38)25-9-10-25/h5-8,11-12,17,22,25H,3-4,9-10,13-16,18-19H2,1-2H3. The predicted molar refractivity (Wildman–Crippen MR) is 152 cm³/mol. The van der Waals surface area contributed by atoms with Crippen molar-refractivity contribution < 1.29 is 14.0 Å². The number of rotatable bonds is 6. The molecule has 40 heavy (non-hydrogen) atoms. The van der Waals surface area contributed by atoms with E-state index >= 15 is 0 Å². The van der Waals surface area contributed by atoms with Crippen LogP contribution in [0.25, 0.3) is 22.6 Å². The van der Waals surface area contributed by atoms with Crippen LogP contribution in [0.1, 0.15) is 62.0 Å². The van der Waals surface area contributed by atoms with E-state index in [4.69, 9.17) is 9.41 Å². The average Bonchev–Trinajstić information content (AvgIpc) is 3.26. The number of carbonyl (C=O) groups is 2. The summed E-state index contributed by atoms with van der Waals surface area (Å²) >= 11 is 0. The van der Waals surface area contributed by atoms with E-state index in [-0.39, 0.29) is 17.7 Å². The van der Waals surface area contributed by atoms with E-state index in [0.29, 0.717) is 24.2 Å². The van der Waals surface area contributed by atoms with Gasteiger partial charge in [-0.2, -0.15) is 0 Å². The Bertz CT molecular complexity index is 1500. The van der Waals surface area contributed by atoms with Gasteiger partial charge in [0.25, 0.3) is 5.91 Å². The molecule has 3 heterocycles. The van der Waals surface area contributed by atoms with Crippen molar-refractivity contribution in [3.05, 3.63) is 59.5 Å². The van der Waals surface area contributed by atoms with E-state index in [2.05, 4.69) is 47.5 Å². The number of hydrogen-bond acceptors (Lipinski definition) is 6. The van der Waals surface area contributed by atoms with E-state index in [1.54, 1.807) is 6.92 Å². The maximum absolute atomic E-state index is 13.9. The van der Waals surface area contributed by atoms with Gasteiger partial charge in [-0.05, 0) is 73.8 Å². The minimum absolute atomic E-state index is 0.155. The van der Waals surface area contributed by atoms with Gasteiger partial charge < -0.3 is 9.32 Å². The van der Waals surface area contributed by atoms with Crippen molar-refractivity contribution in [2.45, 2.75) is 64.3 Å². The molecule has 1 spiro atoms. The Morgan fingerprint density at radius 2 is 1.70 bits per heavy atom. The summed E-state index contributed by atoms with van der Waals surface area (Å²) in [6.07, 6.45) is 6.74. The summed E-state index contributed by atoms with van der Waals surface area (Å²) < 4.78 is 5.56. The Morgan fingerprint density at radius 1 is 0.975 bits per heavy atom. The molecule has 2 aliphatic carbocycles. The van der Waals surface area contributed by atoms with Crippen LogP contribution >= 0.6 is 0 Å². The van der Waals surface area contributed by atoms with Gasteiger partial charge in [0.2, 0.25) is 17.7 Å². The highest BCUT2D eigenvalue weighted by atomic mass is 16.4. The molecule has 8 nitrogen and oxygen atoms in total. The summed E-state index contributed by atoms with van der Waals surface area (Å²) in [5.74, 6) is 2.86. The van der Waals surface area contributed by atoms with Gasteiger partial charge >= 0.3 is 0 Å². The highest BCUT2D eigenvalue weighted by molar-refractivity contribution is 6.16. The molecule has 8 heteroatoms. The summed E-state index contributed by atoms with van der Waals surface area (Å²) in [5.41, 5.74) is 4.59. The van der Waals surface area contributed by atoms with Gasteiger partial charge in [0.15, 0.2) is 0 Å². The topological polar surface area (TPSA) is 91.9 Å². The van der Waals surface area contributed by atoms with Crippen molar-refractivity contribution in [1.82, 2.24) is 20.0 Å². The molecule has 2 aromatic carbocycles. The van der Waals surface area contributed by atoms with Crippen LogP contribution in [0.2, 0.25) is 0 Å². The summed E-state index contributed by atoms with van der Waals surface area (Å²) in [4.78, 5) is 35.7. The Labute approximate surface area is 234 Å². The Hall–Kier alpha value is -3.81. The number of amides is 2. The van der Waals surface area contributed by atoms with Crippen LogP contribution < -0.4 is 0 Å². The van der Waals surface area contributed by atoms with Crippen LogP contribution in [0.5, 0.6) is 0 Å². The van der Waals surface area contributed by atoms with Crippen LogP contribution in [0.15, 0.2) is 51.9 Å². The molecule has 7 rings (SSSR count). The molecule has 1 unspecified atom stereocenters. The van der Waals surface area contributed by atoms with Gasteiger partial charge in [0.1, 0.15) is 11.4 Å². The number of benzene rings is 2. The maximum Gasteiger partial charge on any atom is 0.256 e. The first-order valence-electron chi connectivity index (χ1n) is 14.6. The minimum atomic E-state index is -0.606. The van der Waals surface area contributed by atoms with Crippen LogP contribution in [0, 0.1) is 25.7 Å². The molecule has 0 N–H and O–H groups in total. The SMILES string of the molecule is Cc1nnc(-c2ccc(-c3ccc(C4=NC5(CCCC5)C(=O)N4CC4CCN(C(=O)C5CC5)C4)c(C)c3)cc2)o1. The van der Waals surface area contributed by atoms with Crippen molar-refractivity contribution in [2.24, 2.45) is 16.8 Å². The number of carbonyl (C=O) groups excluding carboxylic acids is 2. The molecule has 1 saturated heterocycles. The fourth-order valence-corrected chi connectivity index (χ4v) is 6.66. The van der Waals surface area contributed by atoms with E-state index in [1.807, 2.05) is 21.9 Å². The molecule has 4 aliphatic rings. The van der Waals surface area contributed by atoms with Crippen molar-refractivity contribution in [3.63, 3.8) is 0 Å². The van der Waals surface area contributed by atoms with Gasteiger partial charge in [-0.25, -0.2) is 0 Å². The lowest BCUT2D eigenvalue weighted by molar-refractivity contribution is -0.131. The number of aliphatic imine (C=N–C) groups is 1. The van der Waals surface area contributed by atoms with Crippen molar-refractivity contribution in [2.75, 3.05) is 19.6 Å². The summed E-state index contributed by atoms with van der Waals surface area (Å²) in [6, 6.07) is 14.5. The van der Waals surface area contributed by atoms with Gasteiger partial charge in [-0.15, -0.1) is 10.2 Å². The predicted octanol–water partition coefficient (Wildman–Crippen LogP) is 5.18. The number of aromatic nitrogens is 2. The smallest absolute Gasteiger partial charge is 0.256 e. The summed E-state index contributed by atoms with van der Waals surface area (Å²) in [5, 5.41) is 8.03. The summed E-state index contributed by atoms with van der Waals surface area (Å²) in [7, 11) is 0. The molecule has 3 aromatic rings. The first-order chi connectivity index (χ1) is 19.4. The van der Waals surface area contributed by atoms with Crippen LogP contribution in [-0.2, 0) is 9.59 Å². The molecule has 1 aromatic heterocycles. The molecular formula is C32H35N5O3. The molecule has 2 amide bonds. The Kier molecular flexibility index (Phi) is 6.09. The normalized spacial score (nSPS) is 22.0. The molecule has 0 bridgehead atoms. The Balaban J connectivity index is 1.14. The first kappa shape index (κ1) is 25.2. The Morgan fingerprint density at radius 3 is 2.38 bits per heavy atom. The van der Waals surface area contributed by atoms with Crippen LogP contribution in [0.4, 0.5) is 0 Å². The van der Waals surface area contributed by atoms with Crippen molar-refractivity contribution in [1.29, 1.82) is 0 Å². The largest absolute Gasteiger partial charge is 0.421 e. The van der Waals surface area contributed by atoms with Gasteiger partial charge in [-0.1, -0.05) is 43.2 Å². The zero-order chi connectivity index (χ0) is 27.4. The number of nitrogens with zero attached hydrogens (tertiary/aromatic N) is 5. The second-order valence-corrected chi connectivity index (χ2v) is 12.0. The average molecular weight is 538 g/mol. The minimum Gasteiger partial charge on any atom is -0.421 e. The number of likely N-dealkylation sites (tertiary alicyclic amines) is 1. The van der Waals surface area contributed by atoms with Crippen molar-refractivity contribution in [3.8, 4) is 22.6 Å². The molecule has 3 fully saturated rings. The zero-order valence-corrected chi connectivity index (χ0v) is 23.2. The third kappa shape index (κ3) is 4.43. The third-order valence-electron chi connectivity index (χ3n) is 9.07. The maximum atomic E-state index is 13.9. The van der Waals surface area contributed by atoms with E-state index in [0.717, 1.165) is 91.7 Å². The highest BCUT2D eigenvalue weighted by Gasteiger charge is 2.51. The molecule has 2 aliphatic heterocycles. The lowest BCUT2D eigenvalue weighted by Gasteiger charge is -2.26. The monoisotopic (exact) mass is 537 g/mol. The van der Waals surface area contributed by atoms with E-state index in [1.165, 1.54) is 0 Å². The van der Waals surface area contributed by atoms with E-state index < -0.39 is 5.54 Å². The molecule has 0 radical (unpaired) electrons. The fourth-order valence-electron chi connectivity index (χ4n) is 6.66. The molecular weight excluding hydrogens is 502 g/mol. The van der Waals surface area contributed by atoms with Gasteiger partial charge in [0, 0.05) is 43.6 Å². The van der Waals surface area contributed by atoms with Gasteiger partial charge in [-0.3, -0.25) is 19.5 Å². The number of aryl methyl sites for hydroxylation is 2. The number of amidine groups is 1. The summed E-state index contributed by atoms with van der Waals surface area (Å²) in [6.45, 7) is 6.07. The first-order valence-corrected chi connectivity index (χ1v) is 14.6. The van der Waals surface area contributed by atoms with Crippen LogP contribution in [0.3, 0.4) is 0 Å². The second kappa shape index (κ2) is 9.68. The third-order valence-corrected chi connectivity index (χ3v) is 9.07. The van der Waals surface area contributed by atoms with E-state index in [9.17, 15) is 9.59 Å². The van der Waals surface area contributed by atoms with Crippen molar-refractivity contribution >= 4 is 17.6 Å². The van der Waals surface area contributed by atoms with Crippen LogP contribution in [-0.4, -0.2) is 62.8 Å². The number of hydrogen-bond donors (Lipinski definition) is 0. The zero-order valence-electron chi connectivity index (χ0n) is 23.2. The highest BCUT2D eigenvalue weighted by Crippen LogP contribution is 2.41. The quantitative estimate of drug-likeness (QED) is 0.432. The van der Waals surface area contributed by atoms with Gasteiger partial charge in [0.05, 0.1) is 0 Å². The lowest BCUT2D eigenvalue weighted by atomic mass is 9.97. The second-order valence-electron chi connectivity index (χ2n) is 12.0. The molecule has 2 saturated carbocycles. The molecule has 206 valence electrons.